The van der Waals surface area contributed by atoms with Gasteiger partial charge in [0.25, 0.3) is 0 Å². The first-order chi connectivity index (χ1) is 16.5. The second-order valence-electron chi connectivity index (χ2n) is 8.39. The van der Waals surface area contributed by atoms with E-state index in [0.717, 1.165) is 5.56 Å². The first kappa shape index (κ1) is 21.8. The summed E-state index contributed by atoms with van der Waals surface area (Å²) in [6.45, 7) is 1.20. The van der Waals surface area contributed by atoms with Crippen LogP contribution in [-0.4, -0.2) is 35.6 Å². The van der Waals surface area contributed by atoms with Gasteiger partial charge in [-0.3, -0.25) is 0 Å². The minimum Gasteiger partial charge on any atom is -0.485 e. The number of rotatable bonds is 4. The van der Waals surface area contributed by atoms with E-state index in [-0.39, 0.29) is 5.84 Å². The topological polar surface area (TPSA) is 89.2 Å². The van der Waals surface area contributed by atoms with Crippen molar-refractivity contribution in [3.8, 4) is 11.5 Å². The van der Waals surface area contributed by atoms with Crippen molar-refractivity contribution in [2.24, 2.45) is 10.7 Å². The third kappa shape index (κ3) is 4.39. The molecule has 2 aliphatic rings. The van der Waals surface area contributed by atoms with Crippen molar-refractivity contribution >= 4 is 17.6 Å². The summed E-state index contributed by atoms with van der Waals surface area (Å²) in [6, 6.07) is 21.7. The van der Waals surface area contributed by atoms with E-state index in [0.29, 0.717) is 55.3 Å². The van der Waals surface area contributed by atoms with Crippen LogP contribution in [0.25, 0.3) is 0 Å². The minimum absolute atomic E-state index is 0.173. The lowest BCUT2D eigenvalue weighted by atomic mass is 9.94. The largest absolute Gasteiger partial charge is 0.485 e. The number of likely N-dealkylation sites (tertiary alicyclic amines) is 1. The molecule has 0 bridgehead atoms. The summed E-state index contributed by atoms with van der Waals surface area (Å²) in [7, 11) is 0. The standard InChI is InChI=1S/C26H25FN4O3/c27-19-9-6-10-20-23(19)24(28)30-26(29-20)13-15-31(16-14-26)25(32)34-22-12-5-4-11-21(22)33-17-18-7-2-1-3-8-18/h1-12,29H,13-17H2,(H2,28,30). The zero-order valence-electron chi connectivity index (χ0n) is 18.5. The number of fused-ring (bicyclic) bond motifs is 1. The monoisotopic (exact) mass is 460 g/mol. The first-order valence-corrected chi connectivity index (χ1v) is 11.2. The number of nitrogens with zero attached hydrogens (tertiary/aromatic N) is 2. The van der Waals surface area contributed by atoms with Gasteiger partial charge in [-0.05, 0) is 29.8 Å². The maximum atomic E-state index is 14.2. The summed E-state index contributed by atoms with van der Waals surface area (Å²) in [5.41, 5.74) is 7.35. The summed E-state index contributed by atoms with van der Waals surface area (Å²) in [5, 5.41) is 3.33. The zero-order valence-corrected chi connectivity index (χ0v) is 18.5. The Hall–Kier alpha value is -4.07. The molecule has 7 nitrogen and oxygen atoms in total. The molecule has 34 heavy (non-hydrogen) atoms. The number of carbonyl (C=O) groups is 1. The molecule has 174 valence electrons. The zero-order chi connectivity index (χ0) is 23.5. The molecule has 0 aromatic heterocycles. The maximum absolute atomic E-state index is 14.2. The van der Waals surface area contributed by atoms with Crippen molar-refractivity contribution in [2.45, 2.75) is 25.1 Å². The number of para-hydroxylation sites is 2. The van der Waals surface area contributed by atoms with Crippen LogP contribution in [0.2, 0.25) is 0 Å². The predicted octanol–water partition coefficient (Wildman–Crippen LogP) is 4.53. The highest BCUT2D eigenvalue weighted by molar-refractivity contribution is 6.04. The molecular formula is C26H25FN4O3. The number of amidine groups is 1. The van der Waals surface area contributed by atoms with Crippen molar-refractivity contribution in [3.05, 3.63) is 89.7 Å². The first-order valence-electron chi connectivity index (χ1n) is 11.2. The van der Waals surface area contributed by atoms with Crippen molar-refractivity contribution < 1.29 is 18.7 Å². The highest BCUT2D eigenvalue weighted by Crippen LogP contribution is 2.35. The van der Waals surface area contributed by atoms with E-state index >= 15 is 0 Å². The van der Waals surface area contributed by atoms with Gasteiger partial charge < -0.3 is 25.4 Å². The lowest BCUT2D eigenvalue weighted by molar-refractivity contribution is 0.127. The predicted molar refractivity (Wildman–Crippen MR) is 128 cm³/mol. The lowest BCUT2D eigenvalue weighted by Gasteiger charge is -2.42. The van der Waals surface area contributed by atoms with Gasteiger partial charge in [-0.1, -0.05) is 48.5 Å². The van der Waals surface area contributed by atoms with E-state index in [1.807, 2.05) is 36.4 Å². The number of halogens is 1. The Bertz CT molecular complexity index is 1220. The molecular weight excluding hydrogens is 435 g/mol. The number of carbonyl (C=O) groups excluding carboxylic acids is 1. The molecule has 0 unspecified atom stereocenters. The summed E-state index contributed by atoms with van der Waals surface area (Å²) >= 11 is 0. The quantitative estimate of drug-likeness (QED) is 0.597. The van der Waals surface area contributed by atoms with E-state index < -0.39 is 17.6 Å². The van der Waals surface area contributed by atoms with E-state index in [1.165, 1.54) is 6.07 Å². The maximum Gasteiger partial charge on any atom is 0.415 e. The molecule has 0 radical (unpaired) electrons. The molecule has 2 heterocycles. The molecule has 8 heteroatoms. The molecule has 0 saturated carbocycles. The number of amides is 1. The highest BCUT2D eigenvalue weighted by atomic mass is 19.1. The Labute approximate surface area is 197 Å². The second kappa shape index (κ2) is 9.05. The average molecular weight is 461 g/mol. The Kier molecular flexibility index (Phi) is 5.79. The fourth-order valence-electron chi connectivity index (χ4n) is 4.30. The second-order valence-corrected chi connectivity index (χ2v) is 8.39. The number of nitrogens with two attached hydrogens (primary N) is 1. The van der Waals surface area contributed by atoms with E-state index in [2.05, 4.69) is 10.3 Å². The molecule has 2 aliphatic heterocycles. The van der Waals surface area contributed by atoms with Crippen LogP contribution >= 0.6 is 0 Å². The number of piperidine rings is 1. The SMILES string of the molecule is NC1=NC2(CCN(C(=O)Oc3ccccc3OCc3ccccc3)CC2)Nc2cccc(F)c21. The van der Waals surface area contributed by atoms with Crippen LogP contribution in [0.15, 0.2) is 77.8 Å². The number of hydrogen-bond acceptors (Lipinski definition) is 6. The Morgan fingerprint density at radius 3 is 2.47 bits per heavy atom. The number of nitrogens with one attached hydrogen (secondary N) is 1. The molecule has 1 saturated heterocycles. The normalized spacial score (nSPS) is 16.3. The van der Waals surface area contributed by atoms with Gasteiger partial charge in [-0.15, -0.1) is 0 Å². The van der Waals surface area contributed by atoms with Gasteiger partial charge in [0.15, 0.2) is 11.5 Å². The third-order valence-electron chi connectivity index (χ3n) is 6.10. The number of benzene rings is 3. The van der Waals surface area contributed by atoms with Crippen LogP contribution in [0.4, 0.5) is 14.9 Å². The van der Waals surface area contributed by atoms with Crippen molar-refractivity contribution in [2.75, 3.05) is 18.4 Å². The van der Waals surface area contributed by atoms with Crippen LogP contribution in [0.5, 0.6) is 11.5 Å². The molecule has 5 rings (SSSR count). The van der Waals surface area contributed by atoms with Gasteiger partial charge >= 0.3 is 6.09 Å². The van der Waals surface area contributed by atoms with Crippen LogP contribution in [0.3, 0.4) is 0 Å². The molecule has 3 aromatic carbocycles. The van der Waals surface area contributed by atoms with Gasteiger partial charge in [-0.25, -0.2) is 14.2 Å². The summed E-state index contributed by atoms with van der Waals surface area (Å²) < 4.78 is 25.7. The highest BCUT2D eigenvalue weighted by Gasteiger charge is 2.40. The van der Waals surface area contributed by atoms with Crippen LogP contribution in [0.1, 0.15) is 24.0 Å². The molecule has 1 amide bonds. The number of hydrogen-bond donors (Lipinski definition) is 2. The van der Waals surface area contributed by atoms with E-state index in [9.17, 15) is 9.18 Å². The van der Waals surface area contributed by atoms with Crippen molar-refractivity contribution in [1.29, 1.82) is 0 Å². The van der Waals surface area contributed by atoms with Gasteiger partial charge in [-0.2, -0.15) is 0 Å². The minimum atomic E-state index is -0.668. The van der Waals surface area contributed by atoms with Crippen molar-refractivity contribution in [3.63, 3.8) is 0 Å². The Morgan fingerprint density at radius 2 is 1.71 bits per heavy atom. The van der Waals surface area contributed by atoms with E-state index in [4.69, 9.17) is 15.2 Å². The number of ether oxygens (including phenoxy) is 2. The summed E-state index contributed by atoms with van der Waals surface area (Å²) in [6.07, 6.45) is 0.584. The Balaban J connectivity index is 1.22. The fraction of sp³-hybridized carbons (Fsp3) is 0.231. The average Bonchev–Trinajstić information content (AvgIpc) is 2.84. The van der Waals surface area contributed by atoms with Gasteiger partial charge in [0.05, 0.1) is 5.56 Å². The smallest absolute Gasteiger partial charge is 0.415 e. The summed E-state index contributed by atoms with van der Waals surface area (Å²) in [4.78, 5) is 19.1. The van der Waals surface area contributed by atoms with Crippen LogP contribution < -0.4 is 20.5 Å². The molecule has 3 aromatic rings. The van der Waals surface area contributed by atoms with Crippen LogP contribution in [-0.2, 0) is 6.61 Å². The number of anilines is 1. The van der Waals surface area contributed by atoms with Crippen molar-refractivity contribution in [1.82, 2.24) is 4.90 Å². The summed E-state index contributed by atoms with van der Waals surface area (Å²) in [5.74, 6) is 0.631. The molecule has 3 N–H and O–H groups in total. The van der Waals surface area contributed by atoms with E-state index in [1.54, 1.807) is 35.2 Å². The molecule has 1 fully saturated rings. The Morgan fingerprint density at radius 1 is 1.00 bits per heavy atom. The third-order valence-corrected chi connectivity index (χ3v) is 6.10. The number of aliphatic imine (C=N–C) groups is 1. The lowest BCUT2D eigenvalue weighted by Crippen LogP contribution is -2.52. The molecule has 0 aliphatic carbocycles. The van der Waals surface area contributed by atoms with Gasteiger partial charge in [0.2, 0.25) is 0 Å². The molecule has 1 spiro atoms. The fourth-order valence-corrected chi connectivity index (χ4v) is 4.30. The molecule has 0 atom stereocenters. The van der Waals surface area contributed by atoms with Crippen LogP contribution in [0, 0.1) is 5.82 Å². The van der Waals surface area contributed by atoms with Gasteiger partial charge in [0.1, 0.15) is 23.9 Å². The van der Waals surface area contributed by atoms with Gasteiger partial charge in [0, 0.05) is 31.6 Å².